The van der Waals surface area contributed by atoms with E-state index in [0.717, 1.165) is 22.6 Å². The molecule has 0 saturated heterocycles. The molecule has 2 aromatic rings. The van der Waals surface area contributed by atoms with Crippen molar-refractivity contribution in [2.75, 3.05) is 6.26 Å². The molecule has 0 radical (unpaired) electrons. The molecular weight excluding hydrogens is 260 g/mol. The lowest BCUT2D eigenvalue weighted by atomic mass is 10.1. The second-order valence-corrected chi connectivity index (χ2v) is 5.57. The van der Waals surface area contributed by atoms with Crippen LogP contribution in [0.4, 0.5) is 0 Å². The third-order valence-corrected chi connectivity index (χ3v) is 3.10. The van der Waals surface area contributed by atoms with Crippen LogP contribution in [0.25, 0.3) is 10.8 Å². The smallest absolute Gasteiger partial charge is 0.306 e. The first kappa shape index (κ1) is 12.2. The number of benzene rings is 2. The molecule has 0 amide bonds. The van der Waals surface area contributed by atoms with E-state index in [1.807, 2.05) is 24.3 Å². The van der Waals surface area contributed by atoms with Gasteiger partial charge in [0.1, 0.15) is 5.75 Å². The Hall–Kier alpha value is -1.26. The lowest BCUT2D eigenvalue weighted by molar-refractivity contribution is 0.493. The van der Waals surface area contributed by atoms with E-state index < -0.39 is 10.1 Å². The predicted molar refractivity (Wildman–Crippen MR) is 69.0 cm³/mol. The second kappa shape index (κ2) is 4.55. The summed E-state index contributed by atoms with van der Waals surface area (Å²) in [5, 5.41) is 1.91. The summed E-state index contributed by atoms with van der Waals surface area (Å²) in [5.41, 5.74) is 0.850. The van der Waals surface area contributed by atoms with Gasteiger partial charge in [-0.2, -0.15) is 8.42 Å². The van der Waals surface area contributed by atoms with Gasteiger partial charge in [0, 0.05) is 5.88 Å². The van der Waals surface area contributed by atoms with E-state index >= 15 is 0 Å². The molecule has 0 unspecified atom stereocenters. The monoisotopic (exact) mass is 270 g/mol. The summed E-state index contributed by atoms with van der Waals surface area (Å²) < 4.78 is 27.0. The Morgan fingerprint density at radius 3 is 2.59 bits per heavy atom. The molecule has 17 heavy (non-hydrogen) atoms. The van der Waals surface area contributed by atoms with Crippen LogP contribution in [0.5, 0.6) is 5.75 Å². The molecule has 0 fully saturated rings. The number of alkyl halides is 1. The van der Waals surface area contributed by atoms with Crippen LogP contribution < -0.4 is 4.18 Å². The minimum Gasteiger partial charge on any atom is -0.383 e. The van der Waals surface area contributed by atoms with Crippen LogP contribution in [0.3, 0.4) is 0 Å². The Balaban J connectivity index is 2.60. The third kappa shape index (κ3) is 2.90. The summed E-state index contributed by atoms with van der Waals surface area (Å²) in [6.45, 7) is 0. The van der Waals surface area contributed by atoms with Crippen molar-refractivity contribution in [3.8, 4) is 5.75 Å². The quantitative estimate of drug-likeness (QED) is 0.636. The van der Waals surface area contributed by atoms with Crippen molar-refractivity contribution in [2.24, 2.45) is 0 Å². The zero-order chi connectivity index (χ0) is 12.5. The second-order valence-electron chi connectivity index (χ2n) is 3.72. The van der Waals surface area contributed by atoms with E-state index in [-0.39, 0.29) is 0 Å². The number of halogens is 1. The van der Waals surface area contributed by atoms with Crippen molar-refractivity contribution >= 4 is 32.5 Å². The maximum Gasteiger partial charge on any atom is 0.306 e. The Morgan fingerprint density at radius 1 is 1.24 bits per heavy atom. The molecule has 2 rings (SSSR count). The molecule has 0 atom stereocenters. The molecule has 0 aliphatic carbocycles. The Kier molecular flexibility index (Phi) is 3.26. The van der Waals surface area contributed by atoms with Gasteiger partial charge in [0.2, 0.25) is 0 Å². The highest BCUT2D eigenvalue weighted by atomic mass is 35.5. The zero-order valence-electron chi connectivity index (χ0n) is 9.18. The minimum atomic E-state index is -3.51. The van der Waals surface area contributed by atoms with E-state index in [1.165, 1.54) is 0 Å². The standard InChI is InChI=1S/C12H11ClO3S/c1-17(14,15)16-11-6-9-4-2-3-5-12(9)10(7-11)8-13/h2-7H,8H2,1H3. The molecule has 0 saturated carbocycles. The highest BCUT2D eigenvalue weighted by Crippen LogP contribution is 2.27. The van der Waals surface area contributed by atoms with Crippen LogP contribution in [0.2, 0.25) is 0 Å². The highest BCUT2D eigenvalue weighted by Gasteiger charge is 2.08. The molecule has 2 aromatic carbocycles. The van der Waals surface area contributed by atoms with Crippen LogP contribution in [-0.4, -0.2) is 14.7 Å². The molecule has 0 aromatic heterocycles. The van der Waals surface area contributed by atoms with Crippen molar-refractivity contribution in [3.05, 3.63) is 42.0 Å². The molecule has 0 spiro atoms. The van der Waals surface area contributed by atoms with Crippen LogP contribution in [-0.2, 0) is 16.0 Å². The van der Waals surface area contributed by atoms with Gasteiger partial charge < -0.3 is 4.18 Å². The number of fused-ring (bicyclic) bond motifs is 1. The molecule has 0 N–H and O–H groups in total. The normalized spacial score (nSPS) is 11.6. The third-order valence-electron chi connectivity index (χ3n) is 2.31. The van der Waals surface area contributed by atoms with Gasteiger partial charge in [0.15, 0.2) is 0 Å². The van der Waals surface area contributed by atoms with Gasteiger partial charge >= 0.3 is 10.1 Å². The minimum absolute atomic E-state index is 0.293. The molecule has 3 nitrogen and oxygen atoms in total. The summed E-state index contributed by atoms with van der Waals surface area (Å²) in [7, 11) is -3.51. The van der Waals surface area contributed by atoms with Crippen LogP contribution in [0, 0.1) is 0 Å². The van der Waals surface area contributed by atoms with Crippen LogP contribution >= 0.6 is 11.6 Å². The molecule has 0 bridgehead atoms. The van der Waals surface area contributed by atoms with E-state index in [1.54, 1.807) is 12.1 Å². The predicted octanol–water partition coefficient (Wildman–Crippen LogP) is 2.92. The lowest BCUT2D eigenvalue weighted by Crippen LogP contribution is -2.06. The van der Waals surface area contributed by atoms with Crippen molar-refractivity contribution in [1.82, 2.24) is 0 Å². The van der Waals surface area contributed by atoms with Gasteiger partial charge in [0.05, 0.1) is 6.26 Å². The zero-order valence-corrected chi connectivity index (χ0v) is 10.8. The van der Waals surface area contributed by atoms with Crippen molar-refractivity contribution in [2.45, 2.75) is 5.88 Å². The van der Waals surface area contributed by atoms with E-state index in [9.17, 15) is 8.42 Å². The SMILES string of the molecule is CS(=O)(=O)Oc1cc(CCl)c2ccccc2c1. The summed E-state index contributed by atoms with van der Waals surface area (Å²) in [4.78, 5) is 0. The fourth-order valence-electron chi connectivity index (χ4n) is 1.69. The first-order valence-corrected chi connectivity index (χ1v) is 7.32. The Morgan fingerprint density at radius 2 is 1.94 bits per heavy atom. The summed E-state index contributed by atoms with van der Waals surface area (Å²) in [6, 6.07) is 11.0. The summed E-state index contributed by atoms with van der Waals surface area (Å²) >= 11 is 5.84. The van der Waals surface area contributed by atoms with Crippen molar-refractivity contribution < 1.29 is 12.6 Å². The fraction of sp³-hybridized carbons (Fsp3) is 0.167. The van der Waals surface area contributed by atoms with E-state index in [2.05, 4.69) is 0 Å². The number of hydrogen-bond acceptors (Lipinski definition) is 3. The first-order chi connectivity index (χ1) is 7.99. The number of hydrogen-bond donors (Lipinski definition) is 0. The summed E-state index contributed by atoms with van der Waals surface area (Å²) in [5.74, 6) is 0.600. The van der Waals surface area contributed by atoms with Gasteiger partial charge in [-0.05, 0) is 28.5 Å². The largest absolute Gasteiger partial charge is 0.383 e. The average Bonchev–Trinajstić information content (AvgIpc) is 2.25. The Bertz CT molecular complexity index is 650. The average molecular weight is 271 g/mol. The molecule has 5 heteroatoms. The number of rotatable bonds is 3. The molecule has 0 aliphatic rings. The molecule has 0 heterocycles. The van der Waals surface area contributed by atoms with Crippen molar-refractivity contribution in [1.29, 1.82) is 0 Å². The topological polar surface area (TPSA) is 43.4 Å². The van der Waals surface area contributed by atoms with Gasteiger partial charge in [-0.1, -0.05) is 24.3 Å². The van der Waals surface area contributed by atoms with E-state index in [0.29, 0.717) is 11.6 Å². The molecule has 0 aliphatic heterocycles. The molecule has 90 valence electrons. The van der Waals surface area contributed by atoms with Gasteiger partial charge in [-0.3, -0.25) is 0 Å². The fourth-order valence-corrected chi connectivity index (χ4v) is 2.36. The lowest BCUT2D eigenvalue weighted by Gasteiger charge is -2.08. The van der Waals surface area contributed by atoms with E-state index in [4.69, 9.17) is 15.8 Å². The van der Waals surface area contributed by atoms with Crippen molar-refractivity contribution in [3.63, 3.8) is 0 Å². The van der Waals surface area contributed by atoms with Gasteiger partial charge in [-0.15, -0.1) is 11.6 Å². The Labute approximate surface area is 105 Å². The van der Waals surface area contributed by atoms with Crippen LogP contribution in [0.1, 0.15) is 5.56 Å². The maximum absolute atomic E-state index is 11.1. The summed E-state index contributed by atoms with van der Waals surface area (Å²) in [6.07, 6.45) is 1.02. The van der Waals surface area contributed by atoms with Gasteiger partial charge in [0.25, 0.3) is 0 Å². The molecular formula is C12H11ClO3S. The highest BCUT2D eigenvalue weighted by molar-refractivity contribution is 7.86. The maximum atomic E-state index is 11.1. The first-order valence-electron chi connectivity index (χ1n) is 4.97. The van der Waals surface area contributed by atoms with Crippen LogP contribution in [0.15, 0.2) is 36.4 Å². The van der Waals surface area contributed by atoms with Gasteiger partial charge in [-0.25, -0.2) is 0 Å².